The fraction of sp³-hybridized carbons (Fsp3) is 0.188. The summed E-state index contributed by atoms with van der Waals surface area (Å²) >= 11 is 9.44. The van der Waals surface area contributed by atoms with E-state index >= 15 is 0 Å². The summed E-state index contributed by atoms with van der Waals surface area (Å²) in [6.07, 6.45) is 2.93. The number of thiophene rings is 1. The molecule has 0 bridgehead atoms. The minimum absolute atomic E-state index is 0.799. The normalized spacial score (nSPS) is 10.9. The Morgan fingerprint density at radius 3 is 3.00 bits per heavy atom. The molecule has 0 radical (unpaired) electrons. The highest BCUT2D eigenvalue weighted by molar-refractivity contribution is 7.15. The van der Waals surface area contributed by atoms with E-state index in [0.29, 0.717) is 0 Å². The molecule has 2 nitrogen and oxygen atoms in total. The molecule has 1 aromatic carbocycles. The van der Waals surface area contributed by atoms with Gasteiger partial charge in [0.25, 0.3) is 0 Å². The number of hydrogen-bond donors (Lipinski definition) is 1. The Labute approximate surface area is 137 Å². The average Bonchev–Trinajstić information content (AvgIpc) is 3.14. The van der Waals surface area contributed by atoms with Gasteiger partial charge in [-0.1, -0.05) is 23.7 Å². The van der Waals surface area contributed by atoms with E-state index in [-0.39, 0.29) is 0 Å². The number of halogens is 1. The van der Waals surface area contributed by atoms with Crippen LogP contribution in [0.3, 0.4) is 0 Å². The van der Waals surface area contributed by atoms with Crippen LogP contribution < -0.4 is 5.32 Å². The van der Waals surface area contributed by atoms with Gasteiger partial charge < -0.3 is 5.32 Å². The second-order valence-corrected chi connectivity index (χ2v) is 7.02. The molecular weight excluding hydrogens is 320 g/mol. The van der Waals surface area contributed by atoms with E-state index in [2.05, 4.69) is 33.2 Å². The summed E-state index contributed by atoms with van der Waals surface area (Å²) in [5, 5.41) is 9.61. The maximum absolute atomic E-state index is 5.98. The third-order valence-corrected chi connectivity index (χ3v) is 5.08. The molecule has 0 aliphatic carbocycles. The molecule has 5 heteroatoms. The van der Waals surface area contributed by atoms with E-state index in [4.69, 9.17) is 11.6 Å². The largest absolute Gasteiger partial charge is 0.310 e. The molecule has 1 N–H and O–H groups in total. The van der Waals surface area contributed by atoms with Crippen molar-refractivity contribution in [2.45, 2.75) is 13.0 Å². The van der Waals surface area contributed by atoms with Crippen LogP contribution in [0.2, 0.25) is 5.02 Å². The number of nitrogens with zero attached hydrogens (tertiary/aromatic N) is 1. The van der Waals surface area contributed by atoms with Crippen molar-refractivity contribution in [3.8, 4) is 10.4 Å². The Morgan fingerprint density at radius 1 is 1.24 bits per heavy atom. The molecule has 0 amide bonds. The second kappa shape index (κ2) is 7.18. The van der Waals surface area contributed by atoms with Crippen molar-refractivity contribution in [1.82, 2.24) is 10.3 Å². The number of hydrogen-bond acceptors (Lipinski definition) is 4. The molecule has 21 heavy (non-hydrogen) atoms. The first-order chi connectivity index (χ1) is 10.3. The zero-order chi connectivity index (χ0) is 14.5. The maximum atomic E-state index is 5.98. The third kappa shape index (κ3) is 4.14. The fourth-order valence-electron chi connectivity index (χ4n) is 2.05. The molecule has 0 saturated carbocycles. The topological polar surface area (TPSA) is 24.9 Å². The zero-order valence-corrected chi connectivity index (χ0v) is 13.8. The van der Waals surface area contributed by atoms with Gasteiger partial charge in [0.05, 0.1) is 4.88 Å². The van der Waals surface area contributed by atoms with Gasteiger partial charge in [-0.15, -0.1) is 11.3 Å². The SMILES string of the molecule is Clc1cccc(CCNCc2ncc(-c3ccsc3)s2)c1. The van der Waals surface area contributed by atoms with Gasteiger partial charge in [0.15, 0.2) is 0 Å². The van der Waals surface area contributed by atoms with Gasteiger partial charge in [0.2, 0.25) is 0 Å². The number of benzene rings is 1. The van der Waals surface area contributed by atoms with Gasteiger partial charge in [-0.25, -0.2) is 4.98 Å². The fourth-order valence-corrected chi connectivity index (χ4v) is 3.88. The standard InChI is InChI=1S/C16H15ClN2S2/c17-14-3-1-2-12(8-14)4-6-18-10-16-19-9-15(21-16)13-5-7-20-11-13/h1-3,5,7-9,11,18H,4,6,10H2. The Balaban J connectivity index is 1.48. The first-order valence-electron chi connectivity index (χ1n) is 6.74. The molecular formula is C16H15ClN2S2. The molecule has 0 spiro atoms. The minimum Gasteiger partial charge on any atom is -0.310 e. The van der Waals surface area contributed by atoms with Crippen molar-refractivity contribution in [1.29, 1.82) is 0 Å². The van der Waals surface area contributed by atoms with Gasteiger partial charge >= 0.3 is 0 Å². The molecule has 0 aliphatic heterocycles. The van der Waals surface area contributed by atoms with E-state index in [9.17, 15) is 0 Å². The molecule has 108 valence electrons. The molecule has 3 rings (SSSR count). The predicted molar refractivity (Wildman–Crippen MR) is 92.3 cm³/mol. The summed E-state index contributed by atoms with van der Waals surface area (Å²) in [4.78, 5) is 5.71. The van der Waals surface area contributed by atoms with Crippen LogP contribution in [0.1, 0.15) is 10.6 Å². The lowest BCUT2D eigenvalue weighted by atomic mass is 10.1. The van der Waals surface area contributed by atoms with E-state index in [0.717, 1.165) is 29.5 Å². The molecule has 3 aromatic rings. The Morgan fingerprint density at radius 2 is 2.19 bits per heavy atom. The van der Waals surface area contributed by atoms with Crippen LogP contribution in [0.15, 0.2) is 47.3 Å². The van der Waals surface area contributed by atoms with Crippen LogP contribution in [0, 0.1) is 0 Å². The number of rotatable bonds is 6. The highest BCUT2D eigenvalue weighted by atomic mass is 35.5. The van der Waals surface area contributed by atoms with E-state index in [1.54, 1.807) is 22.7 Å². The van der Waals surface area contributed by atoms with Crippen LogP contribution in [0.4, 0.5) is 0 Å². The van der Waals surface area contributed by atoms with Crippen LogP contribution in [0.5, 0.6) is 0 Å². The first-order valence-corrected chi connectivity index (χ1v) is 8.87. The molecule has 0 atom stereocenters. The number of nitrogens with one attached hydrogen (secondary N) is 1. The summed E-state index contributed by atoms with van der Waals surface area (Å²) in [6, 6.07) is 10.1. The van der Waals surface area contributed by atoms with Crippen molar-refractivity contribution >= 4 is 34.3 Å². The van der Waals surface area contributed by atoms with E-state index < -0.39 is 0 Å². The number of thiazole rings is 1. The lowest BCUT2D eigenvalue weighted by molar-refractivity contribution is 0.684. The third-order valence-electron chi connectivity index (χ3n) is 3.11. The van der Waals surface area contributed by atoms with E-state index in [1.807, 2.05) is 24.4 Å². The van der Waals surface area contributed by atoms with Gasteiger partial charge in [-0.05, 0) is 47.5 Å². The van der Waals surface area contributed by atoms with Gasteiger partial charge in [0, 0.05) is 23.3 Å². The van der Waals surface area contributed by atoms with Crippen molar-refractivity contribution in [3.63, 3.8) is 0 Å². The predicted octanol–water partition coefficient (Wildman–Crippen LogP) is 4.86. The molecule has 2 aromatic heterocycles. The Hall–Kier alpha value is -1.20. The summed E-state index contributed by atoms with van der Waals surface area (Å²) < 4.78 is 0. The first kappa shape index (κ1) is 14.7. The van der Waals surface area contributed by atoms with Crippen molar-refractivity contribution in [3.05, 3.63) is 62.9 Å². The molecule has 0 fully saturated rings. The lowest BCUT2D eigenvalue weighted by Crippen LogP contribution is -2.16. The van der Waals surface area contributed by atoms with Crippen LogP contribution in [-0.2, 0) is 13.0 Å². The zero-order valence-electron chi connectivity index (χ0n) is 11.4. The summed E-state index contributed by atoms with van der Waals surface area (Å²) in [5.74, 6) is 0. The average molecular weight is 335 g/mol. The van der Waals surface area contributed by atoms with Crippen LogP contribution in [0.25, 0.3) is 10.4 Å². The Bertz CT molecular complexity index is 692. The quantitative estimate of drug-likeness (QED) is 0.651. The highest BCUT2D eigenvalue weighted by Crippen LogP contribution is 2.27. The van der Waals surface area contributed by atoms with Crippen molar-refractivity contribution in [2.75, 3.05) is 6.54 Å². The van der Waals surface area contributed by atoms with Crippen LogP contribution in [-0.4, -0.2) is 11.5 Å². The van der Waals surface area contributed by atoms with Crippen LogP contribution >= 0.6 is 34.3 Å². The molecule has 0 saturated heterocycles. The highest BCUT2D eigenvalue weighted by Gasteiger charge is 2.04. The minimum atomic E-state index is 0.799. The number of aromatic nitrogens is 1. The summed E-state index contributed by atoms with van der Waals surface area (Å²) in [6.45, 7) is 1.74. The van der Waals surface area contributed by atoms with Crippen molar-refractivity contribution < 1.29 is 0 Å². The van der Waals surface area contributed by atoms with Gasteiger partial charge in [-0.3, -0.25) is 0 Å². The molecule has 2 heterocycles. The van der Waals surface area contributed by atoms with E-state index in [1.165, 1.54) is 16.0 Å². The molecule has 0 aliphatic rings. The van der Waals surface area contributed by atoms with Crippen molar-refractivity contribution in [2.24, 2.45) is 0 Å². The monoisotopic (exact) mass is 334 g/mol. The summed E-state index contributed by atoms with van der Waals surface area (Å²) in [7, 11) is 0. The maximum Gasteiger partial charge on any atom is 0.107 e. The van der Waals surface area contributed by atoms with Gasteiger partial charge in [-0.2, -0.15) is 11.3 Å². The van der Waals surface area contributed by atoms with Gasteiger partial charge in [0.1, 0.15) is 5.01 Å². The Kier molecular flexibility index (Phi) is 5.04. The lowest BCUT2D eigenvalue weighted by Gasteiger charge is -2.03. The second-order valence-electron chi connectivity index (χ2n) is 4.69. The smallest absolute Gasteiger partial charge is 0.107 e. The molecule has 0 unspecified atom stereocenters. The summed E-state index contributed by atoms with van der Waals surface area (Å²) in [5.41, 5.74) is 2.52.